The maximum atomic E-state index is 11.7. The number of hydrogen-bond acceptors (Lipinski definition) is 4. The van der Waals surface area contributed by atoms with E-state index in [-0.39, 0.29) is 12.6 Å². The van der Waals surface area contributed by atoms with Crippen LogP contribution >= 0.6 is 0 Å². The monoisotopic (exact) mass is 360 g/mol. The van der Waals surface area contributed by atoms with Gasteiger partial charge in [-0.2, -0.15) is 0 Å². The summed E-state index contributed by atoms with van der Waals surface area (Å²) in [7, 11) is 1.54. The number of aliphatic hydroxyl groups is 1. The van der Waals surface area contributed by atoms with Crippen molar-refractivity contribution in [3.63, 3.8) is 0 Å². The van der Waals surface area contributed by atoms with Crippen LogP contribution in [0.2, 0.25) is 0 Å². The SMILES string of the molecule is C=C1OC(=O)C(CCCCCC/C=C\C/C=C\C/C=C\CCO)=C1OC. The lowest BCUT2D eigenvalue weighted by atomic mass is 10.0. The number of hydrogen-bond donors (Lipinski definition) is 1. The minimum atomic E-state index is -0.313. The molecule has 1 aliphatic heterocycles. The quantitative estimate of drug-likeness (QED) is 0.265. The minimum absolute atomic E-state index is 0.220. The Morgan fingerprint density at radius 2 is 1.58 bits per heavy atom. The van der Waals surface area contributed by atoms with E-state index in [0.29, 0.717) is 23.5 Å². The van der Waals surface area contributed by atoms with Gasteiger partial charge in [-0.3, -0.25) is 0 Å². The number of ether oxygens (including phenoxy) is 2. The Kier molecular flexibility index (Phi) is 11.9. The van der Waals surface area contributed by atoms with Crippen LogP contribution < -0.4 is 0 Å². The average Bonchev–Trinajstić information content (AvgIpc) is 2.91. The van der Waals surface area contributed by atoms with Gasteiger partial charge in [0.1, 0.15) is 0 Å². The van der Waals surface area contributed by atoms with E-state index in [9.17, 15) is 4.79 Å². The fraction of sp³-hybridized carbons (Fsp3) is 0.500. The van der Waals surface area contributed by atoms with Gasteiger partial charge in [0.05, 0.1) is 12.7 Å². The molecule has 0 unspecified atom stereocenters. The van der Waals surface area contributed by atoms with Crippen LogP contribution in [0.25, 0.3) is 0 Å². The van der Waals surface area contributed by atoms with Crippen LogP contribution in [0.4, 0.5) is 0 Å². The molecule has 0 bridgehead atoms. The topological polar surface area (TPSA) is 55.8 Å². The van der Waals surface area contributed by atoms with Crippen molar-refractivity contribution in [2.24, 2.45) is 0 Å². The Labute approximate surface area is 157 Å². The van der Waals surface area contributed by atoms with E-state index in [4.69, 9.17) is 14.6 Å². The summed E-state index contributed by atoms with van der Waals surface area (Å²) in [6, 6.07) is 0. The van der Waals surface area contributed by atoms with Crippen molar-refractivity contribution in [2.45, 2.75) is 57.8 Å². The fourth-order valence-corrected chi connectivity index (χ4v) is 2.70. The third-order valence-corrected chi connectivity index (χ3v) is 4.08. The van der Waals surface area contributed by atoms with Crippen molar-refractivity contribution < 1.29 is 19.4 Å². The third kappa shape index (κ3) is 8.86. The molecule has 1 N–H and O–H groups in total. The molecule has 0 fully saturated rings. The van der Waals surface area contributed by atoms with Crippen LogP contribution in [0, 0.1) is 0 Å². The van der Waals surface area contributed by atoms with Crippen LogP contribution in [0.3, 0.4) is 0 Å². The van der Waals surface area contributed by atoms with E-state index in [2.05, 4.69) is 37.0 Å². The number of unbranched alkanes of at least 4 members (excludes halogenated alkanes) is 4. The number of esters is 1. The zero-order chi connectivity index (χ0) is 19.0. The molecule has 0 amide bonds. The van der Waals surface area contributed by atoms with Crippen LogP contribution in [-0.2, 0) is 14.3 Å². The number of carbonyl (C=O) groups is 1. The molecule has 4 heteroatoms. The van der Waals surface area contributed by atoms with E-state index >= 15 is 0 Å². The summed E-state index contributed by atoms with van der Waals surface area (Å²) in [6.45, 7) is 3.90. The second kappa shape index (κ2) is 14.1. The van der Waals surface area contributed by atoms with Crippen LogP contribution in [0.1, 0.15) is 57.8 Å². The minimum Gasteiger partial charge on any atom is -0.492 e. The van der Waals surface area contributed by atoms with Gasteiger partial charge in [0.25, 0.3) is 0 Å². The van der Waals surface area contributed by atoms with Crippen LogP contribution in [0.5, 0.6) is 0 Å². The van der Waals surface area contributed by atoms with Crippen LogP contribution in [0.15, 0.2) is 60.1 Å². The number of methoxy groups -OCH3 is 1. The zero-order valence-corrected chi connectivity index (χ0v) is 15.9. The van der Waals surface area contributed by atoms with Gasteiger partial charge in [0.15, 0.2) is 11.5 Å². The van der Waals surface area contributed by atoms with Crippen molar-refractivity contribution in [3.05, 3.63) is 60.1 Å². The molecule has 144 valence electrons. The lowest BCUT2D eigenvalue weighted by Crippen LogP contribution is -1.99. The van der Waals surface area contributed by atoms with E-state index < -0.39 is 0 Å². The second-order valence-electron chi connectivity index (χ2n) is 6.18. The molecule has 0 aromatic rings. The van der Waals surface area contributed by atoms with E-state index in [1.165, 1.54) is 7.11 Å². The van der Waals surface area contributed by atoms with Crippen molar-refractivity contribution >= 4 is 5.97 Å². The highest BCUT2D eigenvalue weighted by Crippen LogP contribution is 2.28. The summed E-state index contributed by atoms with van der Waals surface area (Å²) >= 11 is 0. The first-order valence-corrected chi connectivity index (χ1v) is 9.45. The normalized spacial score (nSPS) is 15.2. The highest BCUT2D eigenvalue weighted by atomic mass is 16.6. The van der Waals surface area contributed by atoms with E-state index in [1.54, 1.807) is 0 Å². The Balaban J connectivity index is 2.02. The first kappa shape index (κ1) is 22.0. The van der Waals surface area contributed by atoms with Gasteiger partial charge < -0.3 is 14.6 Å². The van der Waals surface area contributed by atoms with Gasteiger partial charge in [-0.15, -0.1) is 0 Å². The summed E-state index contributed by atoms with van der Waals surface area (Å²) in [4.78, 5) is 11.7. The maximum absolute atomic E-state index is 11.7. The van der Waals surface area contributed by atoms with Crippen molar-refractivity contribution in [2.75, 3.05) is 13.7 Å². The van der Waals surface area contributed by atoms with E-state index in [1.807, 2.05) is 6.08 Å². The third-order valence-electron chi connectivity index (χ3n) is 4.08. The summed E-state index contributed by atoms with van der Waals surface area (Å²) in [5.41, 5.74) is 0.621. The number of allylic oxidation sites excluding steroid dienone is 5. The molecular weight excluding hydrogens is 328 g/mol. The molecule has 1 aliphatic rings. The van der Waals surface area contributed by atoms with Gasteiger partial charge >= 0.3 is 5.97 Å². The molecule has 0 saturated heterocycles. The van der Waals surface area contributed by atoms with Crippen molar-refractivity contribution in [1.29, 1.82) is 0 Å². The summed E-state index contributed by atoms with van der Waals surface area (Å²) in [5.74, 6) is 0.523. The van der Waals surface area contributed by atoms with E-state index in [0.717, 1.165) is 51.4 Å². The molecule has 0 aliphatic carbocycles. The van der Waals surface area contributed by atoms with Crippen molar-refractivity contribution in [3.8, 4) is 0 Å². The number of cyclic esters (lactones) is 1. The average molecular weight is 360 g/mol. The predicted molar refractivity (Wildman–Crippen MR) is 105 cm³/mol. The maximum Gasteiger partial charge on any atom is 0.343 e. The first-order chi connectivity index (χ1) is 12.7. The molecule has 0 aromatic heterocycles. The Morgan fingerprint density at radius 1 is 0.962 bits per heavy atom. The lowest BCUT2D eigenvalue weighted by Gasteiger charge is -2.02. The number of aliphatic hydroxyl groups excluding tert-OH is 1. The lowest BCUT2D eigenvalue weighted by molar-refractivity contribution is -0.133. The number of rotatable bonds is 14. The van der Waals surface area contributed by atoms with Gasteiger partial charge in [0.2, 0.25) is 0 Å². The summed E-state index contributed by atoms with van der Waals surface area (Å²) < 4.78 is 10.2. The Bertz CT molecular complexity index is 552. The second-order valence-corrected chi connectivity index (χ2v) is 6.18. The zero-order valence-electron chi connectivity index (χ0n) is 15.9. The smallest absolute Gasteiger partial charge is 0.343 e. The molecule has 4 nitrogen and oxygen atoms in total. The molecule has 0 atom stereocenters. The summed E-state index contributed by atoms with van der Waals surface area (Å²) in [6.07, 6.45) is 21.6. The van der Waals surface area contributed by atoms with Gasteiger partial charge in [-0.25, -0.2) is 4.79 Å². The first-order valence-electron chi connectivity index (χ1n) is 9.45. The Morgan fingerprint density at radius 3 is 2.23 bits per heavy atom. The van der Waals surface area contributed by atoms with Gasteiger partial charge in [0, 0.05) is 6.61 Å². The predicted octanol–water partition coefficient (Wildman–Crippen LogP) is 5.13. The molecule has 1 rings (SSSR count). The fourth-order valence-electron chi connectivity index (χ4n) is 2.70. The Hall–Kier alpha value is -2.07. The van der Waals surface area contributed by atoms with Gasteiger partial charge in [-0.05, 0) is 44.9 Å². The number of carbonyl (C=O) groups excluding carboxylic acids is 1. The summed E-state index contributed by atoms with van der Waals surface area (Å²) in [5, 5.41) is 8.64. The highest BCUT2D eigenvalue weighted by Gasteiger charge is 2.28. The molecular formula is C22H32O4. The molecule has 26 heavy (non-hydrogen) atoms. The molecule has 0 spiro atoms. The molecule has 0 aromatic carbocycles. The molecule has 1 heterocycles. The molecule has 0 saturated carbocycles. The van der Waals surface area contributed by atoms with Crippen LogP contribution in [-0.4, -0.2) is 24.8 Å². The molecule has 0 radical (unpaired) electrons. The standard InChI is InChI=1S/C22H32O4/c1-19-21(25-2)20(22(24)26-19)17-15-13-11-9-7-5-3-4-6-8-10-12-14-16-18-23/h3,5-6,8,12,14,23H,1,4,7,9-11,13,15-18H2,2H3/b5-3-,8-6-,14-12-. The van der Waals surface area contributed by atoms with Gasteiger partial charge in [-0.1, -0.05) is 55.9 Å². The highest BCUT2D eigenvalue weighted by molar-refractivity contribution is 5.93. The van der Waals surface area contributed by atoms with Crippen molar-refractivity contribution in [1.82, 2.24) is 0 Å². The largest absolute Gasteiger partial charge is 0.492 e.